The van der Waals surface area contributed by atoms with Crippen molar-refractivity contribution < 1.29 is 22.7 Å². The van der Waals surface area contributed by atoms with Crippen LogP contribution < -0.4 is 14.4 Å². The van der Waals surface area contributed by atoms with Crippen molar-refractivity contribution in [1.29, 1.82) is 0 Å². The van der Waals surface area contributed by atoms with E-state index in [9.17, 15) is 18.0 Å². The number of methoxy groups -OCH3 is 1. The van der Waals surface area contributed by atoms with E-state index in [1.807, 2.05) is 81.4 Å². The molecule has 8 nitrogen and oxygen atoms in total. The normalized spacial score (nSPS) is 12.5. The van der Waals surface area contributed by atoms with E-state index in [1.165, 1.54) is 24.1 Å². The van der Waals surface area contributed by atoms with Crippen molar-refractivity contribution in [3.8, 4) is 5.75 Å². The van der Waals surface area contributed by atoms with Crippen LogP contribution in [0.3, 0.4) is 0 Å². The summed E-state index contributed by atoms with van der Waals surface area (Å²) in [6.45, 7) is 5.37. The predicted molar refractivity (Wildman–Crippen MR) is 178 cm³/mol. The maximum atomic E-state index is 14.5. The number of aryl methyl sites for hydroxylation is 1. The highest BCUT2D eigenvalue weighted by atomic mass is 32.2. The maximum Gasteiger partial charge on any atom is 0.264 e. The Kier molecular flexibility index (Phi) is 11.4. The molecule has 0 heterocycles. The Morgan fingerprint density at radius 3 is 1.96 bits per heavy atom. The summed E-state index contributed by atoms with van der Waals surface area (Å²) in [5.41, 5.74) is 2.91. The van der Waals surface area contributed by atoms with E-state index in [0.29, 0.717) is 11.4 Å². The van der Waals surface area contributed by atoms with Gasteiger partial charge in [0, 0.05) is 19.0 Å². The van der Waals surface area contributed by atoms with Crippen molar-refractivity contribution in [3.63, 3.8) is 0 Å². The third kappa shape index (κ3) is 8.73. The third-order valence-corrected chi connectivity index (χ3v) is 9.50. The van der Waals surface area contributed by atoms with Crippen molar-refractivity contribution in [2.24, 2.45) is 0 Å². The first-order chi connectivity index (χ1) is 21.6. The SMILES string of the molecule is CC[C@H](C)NC(=O)[C@@H](Cc1ccccc1)N(Cc1ccccc1)C(=O)CN(c1ccc(OC)cc1)S(=O)(=O)c1ccc(C)cc1. The van der Waals surface area contributed by atoms with Crippen LogP contribution >= 0.6 is 0 Å². The molecule has 0 aliphatic carbocycles. The van der Waals surface area contributed by atoms with Gasteiger partial charge >= 0.3 is 0 Å². The lowest BCUT2D eigenvalue weighted by Gasteiger charge is -2.34. The minimum absolute atomic E-state index is 0.0571. The Morgan fingerprint density at radius 2 is 1.40 bits per heavy atom. The predicted octanol–water partition coefficient (Wildman–Crippen LogP) is 5.75. The van der Waals surface area contributed by atoms with Crippen LogP contribution in [0, 0.1) is 6.92 Å². The van der Waals surface area contributed by atoms with Crippen molar-refractivity contribution >= 4 is 27.5 Å². The second kappa shape index (κ2) is 15.4. The largest absolute Gasteiger partial charge is 0.497 e. The number of anilines is 1. The standard InChI is InChI=1S/C36H41N3O5S/c1-5-28(3)37-36(41)34(24-29-12-8-6-9-13-29)38(25-30-14-10-7-11-15-30)35(40)26-39(31-18-20-32(44-4)21-19-31)45(42,43)33-22-16-27(2)17-23-33/h6-23,28,34H,5,24-26H2,1-4H3,(H,37,41)/t28-,34+/m0/s1. The molecule has 0 saturated carbocycles. The number of nitrogens with zero attached hydrogens (tertiary/aromatic N) is 2. The van der Waals surface area contributed by atoms with Crippen molar-refractivity contribution in [3.05, 3.63) is 126 Å². The molecule has 0 saturated heterocycles. The van der Waals surface area contributed by atoms with Gasteiger partial charge in [-0.3, -0.25) is 13.9 Å². The molecule has 236 valence electrons. The van der Waals surface area contributed by atoms with Gasteiger partial charge < -0.3 is 15.0 Å². The summed E-state index contributed by atoms with van der Waals surface area (Å²) >= 11 is 0. The Balaban J connectivity index is 1.79. The Morgan fingerprint density at radius 1 is 0.822 bits per heavy atom. The molecular weight excluding hydrogens is 586 g/mol. The number of hydrogen-bond acceptors (Lipinski definition) is 5. The average Bonchev–Trinajstić information content (AvgIpc) is 3.06. The van der Waals surface area contributed by atoms with E-state index >= 15 is 0 Å². The fourth-order valence-corrected chi connectivity index (χ4v) is 6.30. The Bertz CT molecular complexity index is 1640. The molecule has 0 fully saturated rings. The number of benzene rings is 4. The minimum Gasteiger partial charge on any atom is -0.497 e. The molecule has 0 radical (unpaired) electrons. The van der Waals surface area contributed by atoms with Gasteiger partial charge in [-0.1, -0.05) is 85.3 Å². The second-order valence-corrected chi connectivity index (χ2v) is 12.9. The van der Waals surface area contributed by atoms with Crippen molar-refractivity contribution in [1.82, 2.24) is 10.2 Å². The molecule has 0 aliphatic heterocycles. The number of carbonyl (C=O) groups is 2. The monoisotopic (exact) mass is 627 g/mol. The topological polar surface area (TPSA) is 96.0 Å². The summed E-state index contributed by atoms with van der Waals surface area (Å²) in [5.74, 6) is -0.256. The van der Waals surface area contributed by atoms with Crippen LogP contribution in [0.2, 0.25) is 0 Å². The van der Waals surface area contributed by atoms with Crippen LogP contribution in [0.4, 0.5) is 5.69 Å². The number of rotatable bonds is 14. The van der Waals surface area contributed by atoms with Crippen LogP contribution in [0.25, 0.3) is 0 Å². The molecule has 4 rings (SSSR count). The van der Waals surface area contributed by atoms with Crippen LogP contribution in [0.15, 0.2) is 114 Å². The van der Waals surface area contributed by atoms with Gasteiger partial charge in [-0.05, 0) is 67.8 Å². The van der Waals surface area contributed by atoms with E-state index in [0.717, 1.165) is 27.4 Å². The highest BCUT2D eigenvalue weighted by molar-refractivity contribution is 7.92. The minimum atomic E-state index is -4.18. The third-order valence-electron chi connectivity index (χ3n) is 7.72. The van der Waals surface area contributed by atoms with Crippen LogP contribution in [0.1, 0.15) is 37.0 Å². The molecular formula is C36H41N3O5S. The fourth-order valence-electron chi connectivity index (χ4n) is 4.89. The molecule has 0 bridgehead atoms. The number of ether oxygens (including phenoxy) is 1. The maximum absolute atomic E-state index is 14.5. The molecule has 0 aliphatic rings. The zero-order chi connectivity index (χ0) is 32.4. The first kappa shape index (κ1) is 33.3. The van der Waals surface area contributed by atoms with E-state index in [-0.39, 0.29) is 29.8 Å². The van der Waals surface area contributed by atoms with Gasteiger partial charge in [0.25, 0.3) is 10.0 Å². The number of sulfonamides is 1. The number of amides is 2. The van der Waals surface area contributed by atoms with Gasteiger partial charge in [-0.25, -0.2) is 8.42 Å². The van der Waals surface area contributed by atoms with E-state index < -0.39 is 28.5 Å². The lowest BCUT2D eigenvalue weighted by atomic mass is 10.0. The highest BCUT2D eigenvalue weighted by Gasteiger charge is 2.35. The van der Waals surface area contributed by atoms with Crippen molar-refractivity contribution in [2.45, 2.75) is 57.1 Å². The summed E-state index contributed by atoms with van der Waals surface area (Å²) in [6.07, 6.45) is 0.978. The first-order valence-corrected chi connectivity index (χ1v) is 16.5. The molecule has 0 spiro atoms. The summed E-state index contributed by atoms with van der Waals surface area (Å²) in [7, 11) is -2.65. The number of carbonyl (C=O) groups excluding carboxylic acids is 2. The smallest absolute Gasteiger partial charge is 0.264 e. The molecule has 2 amide bonds. The zero-order valence-corrected chi connectivity index (χ0v) is 27.0. The fraction of sp³-hybridized carbons (Fsp3) is 0.278. The van der Waals surface area contributed by atoms with Crippen LogP contribution in [0.5, 0.6) is 5.75 Å². The van der Waals surface area contributed by atoms with Crippen LogP contribution in [-0.4, -0.2) is 50.9 Å². The summed E-state index contributed by atoms with van der Waals surface area (Å²) in [5, 5.41) is 3.05. The molecule has 0 aromatic heterocycles. The molecule has 4 aromatic rings. The highest BCUT2D eigenvalue weighted by Crippen LogP contribution is 2.27. The lowest BCUT2D eigenvalue weighted by molar-refractivity contribution is -0.140. The van der Waals surface area contributed by atoms with Gasteiger partial charge in [0.05, 0.1) is 17.7 Å². The van der Waals surface area contributed by atoms with Gasteiger partial charge in [0.15, 0.2) is 0 Å². The number of nitrogens with one attached hydrogen (secondary N) is 1. The zero-order valence-electron chi connectivity index (χ0n) is 26.2. The molecule has 4 aromatic carbocycles. The Labute approximate surface area is 266 Å². The summed E-state index contributed by atoms with van der Waals surface area (Å²) in [4.78, 5) is 29.9. The van der Waals surface area contributed by atoms with E-state index in [2.05, 4.69) is 5.32 Å². The Hall–Kier alpha value is -4.63. The van der Waals surface area contributed by atoms with E-state index in [4.69, 9.17) is 4.74 Å². The molecule has 1 N–H and O–H groups in total. The molecule has 2 atom stereocenters. The molecule has 9 heteroatoms. The second-order valence-electron chi connectivity index (χ2n) is 11.1. The summed E-state index contributed by atoms with van der Waals surface area (Å²) < 4.78 is 34.7. The quantitative estimate of drug-likeness (QED) is 0.192. The van der Waals surface area contributed by atoms with Crippen LogP contribution in [-0.2, 0) is 32.6 Å². The van der Waals surface area contributed by atoms with Gasteiger partial charge in [-0.15, -0.1) is 0 Å². The van der Waals surface area contributed by atoms with Gasteiger partial charge in [0.2, 0.25) is 11.8 Å². The molecule has 45 heavy (non-hydrogen) atoms. The average molecular weight is 628 g/mol. The van der Waals surface area contributed by atoms with Gasteiger partial charge in [-0.2, -0.15) is 0 Å². The van der Waals surface area contributed by atoms with E-state index in [1.54, 1.807) is 36.4 Å². The van der Waals surface area contributed by atoms with Crippen molar-refractivity contribution in [2.75, 3.05) is 18.0 Å². The number of hydrogen-bond donors (Lipinski definition) is 1. The van der Waals surface area contributed by atoms with Gasteiger partial charge in [0.1, 0.15) is 18.3 Å². The summed E-state index contributed by atoms with van der Waals surface area (Å²) in [6, 6.07) is 30.9. The lowest BCUT2D eigenvalue weighted by Crippen LogP contribution is -2.54. The first-order valence-electron chi connectivity index (χ1n) is 15.0. The molecule has 0 unspecified atom stereocenters.